The zero-order valence-electron chi connectivity index (χ0n) is 16.3. The highest BCUT2D eigenvalue weighted by Crippen LogP contribution is 2.21. The monoisotopic (exact) mass is 358 g/mol. The molecule has 0 N–H and O–H groups in total. The van der Waals surface area contributed by atoms with Crippen molar-refractivity contribution in [3.8, 4) is 5.75 Å². The summed E-state index contributed by atoms with van der Waals surface area (Å²) in [5.74, 6) is 1.94. The summed E-state index contributed by atoms with van der Waals surface area (Å²) in [7, 11) is 0. The Balaban J connectivity index is 1.28. The predicted octanol–water partition coefficient (Wildman–Crippen LogP) is 3.88. The summed E-state index contributed by atoms with van der Waals surface area (Å²) in [6, 6.07) is 8.13. The van der Waals surface area contributed by atoms with Gasteiger partial charge in [0.1, 0.15) is 5.75 Å². The molecule has 26 heavy (non-hydrogen) atoms. The molecule has 1 aromatic carbocycles. The minimum absolute atomic E-state index is 0.335. The normalized spacial score (nSPS) is 21.1. The van der Waals surface area contributed by atoms with E-state index in [1.54, 1.807) is 0 Å². The molecular weight excluding hydrogens is 324 g/mol. The first-order chi connectivity index (χ1) is 12.7. The maximum Gasteiger partial charge on any atom is 0.222 e. The van der Waals surface area contributed by atoms with Crippen LogP contribution >= 0.6 is 0 Å². The lowest BCUT2D eigenvalue weighted by Crippen LogP contribution is -2.36. The molecule has 0 aliphatic carbocycles. The maximum absolute atomic E-state index is 12.4. The van der Waals surface area contributed by atoms with Gasteiger partial charge in [0, 0.05) is 26.1 Å². The smallest absolute Gasteiger partial charge is 0.222 e. The lowest BCUT2D eigenvalue weighted by molar-refractivity contribution is -0.130. The number of piperidine rings is 1. The molecule has 0 saturated carbocycles. The summed E-state index contributed by atoms with van der Waals surface area (Å²) in [5, 5.41) is 0. The van der Waals surface area contributed by atoms with Crippen molar-refractivity contribution in [3.63, 3.8) is 0 Å². The van der Waals surface area contributed by atoms with E-state index < -0.39 is 0 Å². The number of aryl methyl sites for hydroxylation is 1. The van der Waals surface area contributed by atoms with E-state index in [1.807, 2.05) is 12.1 Å². The van der Waals surface area contributed by atoms with Crippen molar-refractivity contribution in [3.05, 3.63) is 29.8 Å². The van der Waals surface area contributed by atoms with Crippen LogP contribution in [0.2, 0.25) is 0 Å². The van der Waals surface area contributed by atoms with Gasteiger partial charge in [0.2, 0.25) is 5.91 Å². The molecule has 2 aliphatic heterocycles. The number of carbonyl (C=O) groups excluding carboxylic acids is 1. The fourth-order valence-electron chi connectivity index (χ4n) is 4.15. The lowest BCUT2D eigenvalue weighted by atomic mass is 10.1. The molecule has 3 rings (SSSR count). The predicted molar refractivity (Wildman–Crippen MR) is 106 cm³/mol. The van der Waals surface area contributed by atoms with E-state index in [-0.39, 0.29) is 0 Å². The van der Waals surface area contributed by atoms with Crippen LogP contribution in [0.5, 0.6) is 5.75 Å². The van der Waals surface area contributed by atoms with Crippen molar-refractivity contribution in [1.82, 2.24) is 9.80 Å². The van der Waals surface area contributed by atoms with Gasteiger partial charge >= 0.3 is 0 Å². The number of carbonyl (C=O) groups is 1. The third-order valence-electron chi connectivity index (χ3n) is 5.65. The zero-order chi connectivity index (χ0) is 18.2. The van der Waals surface area contributed by atoms with Gasteiger partial charge in [-0.05, 0) is 75.7 Å². The van der Waals surface area contributed by atoms with Crippen LogP contribution in [0.15, 0.2) is 24.3 Å². The van der Waals surface area contributed by atoms with Crippen LogP contribution in [0.25, 0.3) is 0 Å². The minimum Gasteiger partial charge on any atom is -0.494 e. The van der Waals surface area contributed by atoms with Crippen molar-refractivity contribution in [1.29, 1.82) is 0 Å². The van der Waals surface area contributed by atoms with E-state index in [0.717, 1.165) is 31.7 Å². The van der Waals surface area contributed by atoms with Gasteiger partial charge < -0.3 is 14.5 Å². The van der Waals surface area contributed by atoms with E-state index in [1.165, 1.54) is 50.9 Å². The molecule has 0 unspecified atom stereocenters. The molecule has 2 saturated heterocycles. The highest BCUT2D eigenvalue weighted by Gasteiger charge is 2.27. The molecule has 0 bridgehead atoms. The Morgan fingerprint density at radius 1 is 1.15 bits per heavy atom. The second-order valence-corrected chi connectivity index (χ2v) is 7.98. The summed E-state index contributed by atoms with van der Waals surface area (Å²) in [5.41, 5.74) is 1.21. The number of rotatable bonds is 8. The maximum atomic E-state index is 12.4. The number of likely N-dealkylation sites (tertiary alicyclic amines) is 2. The van der Waals surface area contributed by atoms with Gasteiger partial charge in [0.05, 0.1) is 6.61 Å². The van der Waals surface area contributed by atoms with E-state index in [4.69, 9.17) is 4.74 Å². The quantitative estimate of drug-likeness (QED) is 0.661. The van der Waals surface area contributed by atoms with Gasteiger partial charge in [-0.2, -0.15) is 0 Å². The van der Waals surface area contributed by atoms with Crippen molar-refractivity contribution < 1.29 is 9.53 Å². The van der Waals surface area contributed by atoms with E-state index in [0.29, 0.717) is 24.9 Å². The molecule has 2 heterocycles. The highest BCUT2D eigenvalue weighted by atomic mass is 16.5. The molecule has 4 heteroatoms. The third-order valence-corrected chi connectivity index (χ3v) is 5.65. The first kappa shape index (κ1) is 19.2. The fourth-order valence-corrected chi connectivity index (χ4v) is 4.15. The molecular formula is C22H34N2O2. The van der Waals surface area contributed by atoms with Crippen LogP contribution in [0.1, 0.15) is 50.5 Å². The molecule has 4 nitrogen and oxygen atoms in total. The van der Waals surface area contributed by atoms with Crippen LogP contribution < -0.4 is 4.74 Å². The van der Waals surface area contributed by atoms with Crippen LogP contribution in [0.3, 0.4) is 0 Å². The highest BCUT2D eigenvalue weighted by molar-refractivity contribution is 5.76. The Bertz CT molecular complexity index is 569. The number of amides is 1. The molecule has 1 amide bonds. The van der Waals surface area contributed by atoms with Crippen molar-refractivity contribution in [2.24, 2.45) is 5.92 Å². The molecule has 2 fully saturated rings. The van der Waals surface area contributed by atoms with Crippen molar-refractivity contribution in [2.45, 2.75) is 51.9 Å². The summed E-state index contributed by atoms with van der Waals surface area (Å²) >= 11 is 0. The van der Waals surface area contributed by atoms with E-state index >= 15 is 0 Å². The first-order valence-corrected chi connectivity index (χ1v) is 10.4. The fraction of sp³-hybridized carbons (Fsp3) is 0.682. The summed E-state index contributed by atoms with van der Waals surface area (Å²) in [6.45, 7) is 8.38. The molecule has 2 aliphatic rings. The van der Waals surface area contributed by atoms with E-state index in [2.05, 4.69) is 28.9 Å². The van der Waals surface area contributed by atoms with Crippen LogP contribution in [-0.2, 0) is 4.79 Å². The Morgan fingerprint density at radius 2 is 2.00 bits per heavy atom. The lowest BCUT2D eigenvalue weighted by Gasteiger charge is -2.29. The third kappa shape index (κ3) is 6.01. The van der Waals surface area contributed by atoms with Crippen LogP contribution in [-0.4, -0.2) is 55.0 Å². The molecule has 1 atom stereocenters. The number of ether oxygens (including phenoxy) is 1. The summed E-state index contributed by atoms with van der Waals surface area (Å²) in [6.07, 6.45) is 7.77. The number of hydrogen-bond donors (Lipinski definition) is 0. The SMILES string of the molecule is Cc1cccc(OCCCCC(=O)N2CC[C@H](CN3CCCCC3)C2)c1. The van der Waals surface area contributed by atoms with Gasteiger partial charge in [0.25, 0.3) is 0 Å². The number of hydrogen-bond acceptors (Lipinski definition) is 3. The Morgan fingerprint density at radius 3 is 2.81 bits per heavy atom. The van der Waals surface area contributed by atoms with Gasteiger partial charge in [-0.15, -0.1) is 0 Å². The average Bonchev–Trinajstić information content (AvgIpc) is 3.11. The standard InChI is InChI=1S/C22H34N2O2/c1-19-8-7-9-21(16-19)26-15-6-3-10-22(25)24-14-11-20(18-24)17-23-12-4-2-5-13-23/h7-9,16,20H,2-6,10-15,17-18H2,1H3/t20-/m1/s1. The summed E-state index contributed by atoms with van der Waals surface area (Å²) in [4.78, 5) is 17.1. The zero-order valence-corrected chi connectivity index (χ0v) is 16.3. The van der Waals surface area contributed by atoms with Gasteiger partial charge in [-0.1, -0.05) is 18.6 Å². The molecule has 0 spiro atoms. The first-order valence-electron chi connectivity index (χ1n) is 10.4. The van der Waals surface area contributed by atoms with Crippen molar-refractivity contribution in [2.75, 3.05) is 39.3 Å². The Kier molecular flexibility index (Phi) is 7.36. The number of benzene rings is 1. The van der Waals surface area contributed by atoms with E-state index in [9.17, 15) is 4.79 Å². The molecule has 1 aromatic rings. The Labute approximate surface area is 158 Å². The molecule has 144 valence electrons. The van der Waals surface area contributed by atoms with Crippen LogP contribution in [0, 0.1) is 12.8 Å². The Hall–Kier alpha value is -1.55. The summed E-state index contributed by atoms with van der Waals surface area (Å²) < 4.78 is 5.77. The molecule has 0 aromatic heterocycles. The second-order valence-electron chi connectivity index (χ2n) is 7.98. The topological polar surface area (TPSA) is 32.8 Å². The second kappa shape index (κ2) is 9.96. The van der Waals surface area contributed by atoms with Crippen LogP contribution in [0.4, 0.5) is 0 Å². The number of nitrogens with zero attached hydrogens (tertiary/aromatic N) is 2. The van der Waals surface area contributed by atoms with Crippen molar-refractivity contribution >= 4 is 5.91 Å². The average molecular weight is 359 g/mol. The van der Waals surface area contributed by atoms with Gasteiger partial charge in [-0.25, -0.2) is 0 Å². The van der Waals surface area contributed by atoms with Gasteiger partial charge in [0.15, 0.2) is 0 Å². The largest absolute Gasteiger partial charge is 0.494 e. The number of unbranched alkanes of at least 4 members (excludes halogenated alkanes) is 1. The molecule has 0 radical (unpaired) electrons. The minimum atomic E-state index is 0.335. The van der Waals surface area contributed by atoms with Gasteiger partial charge in [-0.3, -0.25) is 4.79 Å².